The maximum atomic E-state index is 12.0. The van der Waals surface area contributed by atoms with E-state index in [1.807, 2.05) is 13.8 Å². The van der Waals surface area contributed by atoms with Crippen molar-refractivity contribution in [1.29, 1.82) is 0 Å². The van der Waals surface area contributed by atoms with Crippen LogP contribution in [0, 0.1) is 5.92 Å². The standard InChI is InChI=1S/C12H23NO4S/c1-4-9(5-2)6-12(15)13(3)10-7-18(16,17)8-11(10)14/h9-11,14H,4-8H2,1-3H3/t10-,11-/m1/s1. The number of amides is 1. The Bertz CT molecular complexity index is 389. The second-order valence-electron chi connectivity index (χ2n) is 5.10. The molecule has 1 fully saturated rings. The average Bonchev–Trinajstić information content (AvgIpc) is 2.58. The molecule has 0 unspecified atom stereocenters. The van der Waals surface area contributed by atoms with Crippen molar-refractivity contribution in [2.45, 2.75) is 45.3 Å². The van der Waals surface area contributed by atoms with E-state index in [1.54, 1.807) is 7.05 Å². The summed E-state index contributed by atoms with van der Waals surface area (Å²) >= 11 is 0. The van der Waals surface area contributed by atoms with E-state index in [0.717, 1.165) is 12.8 Å². The van der Waals surface area contributed by atoms with Crippen LogP contribution in [-0.4, -0.2) is 55.0 Å². The molecule has 0 aliphatic carbocycles. The molecule has 5 nitrogen and oxygen atoms in total. The largest absolute Gasteiger partial charge is 0.390 e. The smallest absolute Gasteiger partial charge is 0.222 e. The van der Waals surface area contributed by atoms with Crippen molar-refractivity contribution in [1.82, 2.24) is 4.90 Å². The first-order chi connectivity index (χ1) is 8.30. The monoisotopic (exact) mass is 277 g/mol. The summed E-state index contributed by atoms with van der Waals surface area (Å²) in [6.07, 6.45) is 1.33. The molecule has 2 atom stereocenters. The first kappa shape index (κ1) is 15.4. The Hall–Kier alpha value is -0.620. The van der Waals surface area contributed by atoms with E-state index in [-0.39, 0.29) is 17.4 Å². The number of aliphatic hydroxyl groups excluding tert-OH is 1. The van der Waals surface area contributed by atoms with Crippen LogP contribution in [0.5, 0.6) is 0 Å². The fraction of sp³-hybridized carbons (Fsp3) is 0.917. The highest BCUT2D eigenvalue weighted by atomic mass is 32.2. The van der Waals surface area contributed by atoms with Crippen LogP contribution in [-0.2, 0) is 14.6 Å². The van der Waals surface area contributed by atoms with E-state index < -0.39 is 22.0 Å². The van der Waals surface area contributed by atoms with Gasteiger partial charge in [0.25, 0.3) is 0 Å². The van der Waals surface area contributed by atoms with Crippen LogP contribution >= 0.6 is 0 Å². The Labute approximate surface area is 109 Å². The lowest BCUT2D eigenvalue weighted by molar-refractivity contribution is -0.134. The van der Waals surface area contributed by atoms with Gasteiger partial charge in [-0.3, -0.25) is 4.79 Å². The fourth-order valence-electron chi connectivity index (χ4n) is 2.33. The van der Waals surface area contributed by atoms with E-state index in [9.17, 15) is 18.3 Å². The molecule has 6 heteroatoms. The summed E-state index contributed by atoms with van der Waals surface area (Å²) in [6.45, 7) is 4.08. The lowest BCUT2D eigenvalue weighted by Gasteiger charge is -2.27. The van der Waals surface area contributed by atoms with Crippen molar-refractivity contribution in [2.75, 3.05) is 18.6 Å². The molecule has 1 aliphatic rings. The molecular weight excluding hydrogens is 254 g/mol. The summed E-state index contributed by atoms with van der Waals surface area (Å²) in [5, 5.41) is 9.72. The predicted molar refractivity (Wildman–Crippen MR) is 69.9 cm³/mol. The molecule has 1 rings (SSSR count). The minimum Gasteiger partial charge on any atom is -0.390 e. The zero-order valence-corrected chi connectivity index (χ0v) is 12.1. The highest BCUT2D eigenvalue weighted by Crippen LogP contribution is 2.20. The highest BCUT2D eigenvalue weighted by Gasteiger charge is 2.40. The number of hydrogen-bond donors (Lipinski definition) is 1. The lowest BCUT2D eigenvalue weighted by atomic mass is 9.98. The first-order valence-electron chi connectivity index (χ1n) is 6.44. The van der Waals surface area contributed by atoms with Crippen LogP contribution in [0.2, 0.25) is 0 Å². The van der Waals surface area contributed by atoms with Gasteiger partial charge in [-0.15, -0.1) is 0 Å². The third-order valence-electron chi connectivity index (χ3n) is 3.80. The molecule has 1 saturated heterocycles. The Balaban J connectivity index is 2.64. The zero-order chi connectivity index (χ0) is 13.9. The second kappa shape index (κ2) is 6.02. The number of aliphatic hydroxyl groups is 1. The van der Waals surface area contributed by atoms with E-state index >= 15 is 0 Å². The molecule has 1 N–H and O–H groups in total. The molecule has 1 amide bonds. The molecule has 0 spiro atoms. The number of hydrogen-bond acceptors (Lipinski definition) is 4. The maximum Gasteiger partial charge on any atom is 0.222 e. The summed E-state index contributed by atoms with van der Waals surface area (Å²) in [5.41, 5.74) is 0. The number of likely N-dealkylation sites (N-methyl/N-ethyl adjacent to an activating group) is 1. The minimum absolute atomic E-state index is 0.0788. The Morgan fingerprint density at radius 3 is 2.28 bits per heavy atom. The first-order valence-corrected chi connectivity index (χ1v) is 8.27. The van der Waals surface area contributed by atoms with Crippen molar-refractivity contribution >= 4 is 15.7 Å². The van der Waals surface area contributed by atoms with E-state index in [0.29, 0.717) is 12.3 Å². The van der Waals surface area contributed by atoms with Gasteiger partial charge in [-0.25, -0.2) is 8.42 Å². The van der Waals surface area contributed by atoms with Gasteiger partial charge in [0.1, 0.15) is 0 Å². The van der Waals surface area contributed by atoms with Crippen LogP contribution in [0.15, 0.2) is 0 Å². The second-order valence-corrected chi connectivity index (χ2v) is 7.26. The van der Waals surface area contributed by atoms with Gasteiger partial charge in [-0.1, -0.05) is 26.7 Å². The maximum absolute atomic E-state index is 12.0. The Kier molecular flexibility index (Phi) is 5.16. The van der Waals surface area contributed by atoms with Crippen LogP contribution < -0.4 is 0 Å². The number of carbonyl (C=O) groups excluding carboxylic acids is 1. The third kappa shape index (κ3) is 3.68. The van der Waals surface area contributed by atoms with Crippen molar-refractivity contribution < 1.29 is 18.3 Å². The summed E-state index contributed by atoms with van der Waals surface area (Å²) in [4.78, 5) is 13.4. The Morgan fingerprint density at radius 1 is 1.33 bits per heavy atom. The molecule has 0 aromatic heterocycles. The quantitative estimate of drug-likeness (QED) is 0.791. The van der Waals surface area contributed by atoms with Gasteiger partial charge in [0, 0.05) is 13.5 Å². The van der Waals surface area contributed by atoms with Crippen LogP contribution in [0.4, 0.5) is 0 Å². The van der Waals surface area contributed by atoms with Gasteiger partial charge in [0.2, 0.25) is 5.91 Å². The molecule has 1 heterocycles. The van der Waals surface area contributed by atoms with E-state index in [4.69, 9.17) is 0 Å². The summed E-state index contributed by atoms with van der Waals surface area (Å²) in [5.74, 6) is -0.112. The zero-order valence-electron chi connectivity index (χ0n) is 11.3. The molecule has 0 saturated carbocycles. The third-order valence-corrected chi connectivity index (χ3v) is 5.50. The molecule has 0 bridgehead atoms. The number of nitrogens with zero attached hydrogens (tertiary/aromatic N) is 1. The predicted octanol–water partition coefficient (Wildman–Crippen LogP) is 0.429. The van der Waals surface area contributed by atoms with Crippen LogP contribution in [0.1, 0.15) is 33.1 Å². The van der Waals surface area contributed by atoms with Gasteiger partial charge in [-0.05, 0) is 5.92 Å². The highest BCUT2D eigenvalue weighted by molar-refractivity contribution is 7.91. The summed E-state index contributed by atoms with van der Waals surface area (Å²) in [6, 6.07) is -0.586. The Morgan fingerprint density at radius 2 is 1.89 bits per heavy atom. The topological polar surface area (TPSA) is 74.7 Å². The number of rotatable bonds is 5. The molecule has 0 aromatic rings. The number of sulfone groups is 1. The average molecular weight is 277 g/mol. The van der Waals surface area contributed by atoms with Crippen molar-refractivity contribution in [3.63, 3.8) is 0 Å². The number of carbonyl (C=O) groups is 1. The van der Waals surface area contributed by atoms with Crippen molar-refractivity contribution in [3.8, 4) is 0 Å². The van der Waals surface area contributed by atoms with E-state index in [1.165, 1.54) is 4.90 Å². The van der Waals surface area contributed by atoms with Gasteiger partial charge in [-0.2, -0.15) is 0 Å². The molecule has 0 aromatic carbocycles. The molecule has 106 valence electrons. The molecule has 1 aliphatic heterocycles. The van der Waals surface area contributed by atoms with Crippen LogP contribution in [0.3, 0.4) is 0 Å². The van der Waals surface area contributed by atoms with E-state index in [2.05, 4.69) is 0 Å². The summed E-state index contributed by atoms with van der Waals surface area (Å²) < 4.78 is 22.8. The van der Waals surface area contributed by atoms with Crippen molar-refractivity contribution in [3.05, 3.63) is 0 Å². The van der Waals surface area contributed by atoms with Crippen molar-refractivity contribution in [2.24, 2.45) is 5.92 Å². The van der Waals surface area contributed by atoms with Gasteiger partial charge >= 0.3 is 0 Å². The SMILES string of the molecule is CCC(CC)CC(=O)N(C)[C@@H]1CS(=O)(=O)C[C@H]1O. The van der Waals surface area contributed by atoms with Crippen LogP contribution in [0.25, 0.3) is 0 Å². The van der Waals surface area contributed by atoms with Gasteiger partial charge < -0.3 is 10.0 Å². The van der Waals surface area contributed by atoms with Gasteiger partial charge in [0.15, 0.2) is 9.84 Å². The molecular formula is C12H23NO4S. The summed E-state index contributed by atoms with van der Waals surface area (Å²) in [7, 11) is -1.62. The fourth-order valence-corrected chi connectivity index (χ4v) is 4.18. The normalized spacial score (nSPS) is 26.5. The molecule has 0 radical (unpaired) electrons. The van der Waals surface area contributed by atoms with Gasteiger partial charge in [0.05, 0.1) is 23.7 Å². The minimum atomic E-state index is -3.21. The lowest BCUT2D eigenvalue weighted by Crippen LogP contribution is -2.44. The molecule has 18 heavy (non-hydrogen) atoms.